The van der Waals surface area contributed by atoms with E-state index in [1.54, 1.807) is 30.3 Å². The lowest BCUT2D eigenvalue weighted by Crippen LogP contribution is -2.47. The van der Waals surface area contributed by atoms with Gasteiger partial charge in [0.05, 0.1) is 4.88 Å². The summed E-state index contributed by atoms with van der Waals surface area (Å²) in [5.41, 5.74) is 1.29. The smallest absolute Gasteiger partial charge is 0.253 e. The molecule has 0 saturated carbocycles. The van der Waals surface area contributed by atoms with E-state index in [4.69, 9.17) is 0 Å². The van der Waals surface area contributed by atoms with Crippen molar-refractivity contribution in [1.82, 2.24) is 9.80 Å². The minimum atomic E-state index is -0.128. The van der Waals surface area contributed by atoms with Crippen LogP contribution < -0.4 is 5.32 Å². The molecule has 1 aromatic heterocycles. The Morgan fingerprint density at radius 1 is 1.00 bits per heavy atom. The maximum absolute atomic E-state index is 12.5. The molecular formula is C21H25N3O3S. The lowest BCUT2D eigenvalue weighted by molar-refractivity contribution is -0.116. The standard InChI is InChI=1S/C21H25N3O3S/c1-23-11-13-24(14-12-23)21(27)16-7-9-17(10-8-16)22-20(26)6-2-4-18(25)19-5-3-15-28-19/h3,5,7-10,15H,2,4,6,11-14H2,1H3,(H,22,26). The van der Waals surface area contributed by atoms with Crippen molar-refractivity contribution in [3.8, 4) is 0 Å². The second-order valence-electron chi connectivity index (χ2n) is 6.98. The number of ketones is 1. The van der Waals surface area contributed by atoms with Crippen molar-refractivity contribution in [3.63, 3.8) is 0 Å². The molecule has 1 aliphatic heterocycles. The summed E-state index contributed by atoms with van der Waals surface area (Å²) in [4.78, 5) is 41.3. The number of carbonyl (C=O) groups excluding carboxylic acids is 3. The van der Waals surface area contributed by atoms with Crippen LogP contribution in [0.25, 0.3) is 0 Å². The van der Waals surface area contributed by atoms with Crippen LogP contribution in [-0.2, 0) is 4.79 Å². The third-order valence-electron chi connectivity index (χ3n) is 4.81. The van der Waals surface area contributed by atoms with Gasteiger partial charge in [-0.15, -0.1) is 11.3 Å². The van der Waals surface area contributed by atoms with E-state index in [-0.39, 0.29) is 17.6 Å². The van der Waals surface area contributed by atoms with Crippen LogP contribution in [0.15, 0.2) is 41.8 Å². The Balaban J connectivity index is 1.44. The molecule has 1 N–H and O–H groups in total. The molecule has 2 heterocycles. The average molecular weight is 400 g/mol. The van der Waals surface area contributed by atoms with Gasteiger partial charge in [-0.3, -0.25) is 14.4 Å². The molecule has 1 aromatic carbocycles. The monoisotopic (exact) mass is 399 g/mol. The van der Waals surface area contributed by atoms with Gasteiger partial charge in [-0.2, -0.15) is 0 Å². The molecule has 148 valence electrons. The van der Waals surface area contributed by atoms with Gasteiger partial charge in [-0.05, 0) is 49.2 Å². The molecule has 2 amide bonds. The summed E-state index contributed by atoms with van der Waals surface area (Å²) < 4.78 is 0. The van der Waals surface area contributed by atoms with Gasteiger partial charge in [-0.1, -0.05) is 6.07 Å². The molecule has 7 heteroatoms. The first kappa shape index (κ1) is 20.2. The number of anilines is 1. The second-order valence-corrected chi connectivity index (χ2v) is 7.92. The number of rotatable bonds is 7. The van der Waals surface area contributed by atoms with Gasteiger partial charge in [0.15, 0.2) is 5.78 Å². The molecule has 2 aromatic rings. The molecule has 1 aliphatic rings. The number of nitrogens with zero attached hydrogens (tertiary/aromatic N) is 2. The molecule has 0 unspecified atom stereocenters. The fourth-order valence-electron chi connectivity index (χ4n) is 3.08. The maximum Gasteiger partial charge on any atom is 0.253 e. The third-order valence-corrected chi connectivity index (χ3v) is 5.72. The quantitative estimate of drug-likeness (QED) is 0.727. The van der Waals surface area contributed by atoms with E-state index in [1.807, 2.05) is 16.3 Å². The topological polar surface area (TPSA) is 69.7 Å². The summed E-state index contributed by atoms with van der Waals surface area (Å²) in [7, 11) is 2.05. The molecule has 1 fully saturated rings. The number of hydrogen-bond acceptors (Lipinski definition) is 5. The SMILES string of the molecule is CN1CCN(C(=O)c2ccc(NC(=O)CCCC(=O)c3cccs3)cc2)CC1. The van der Waals surface area contributed by atoms with Crippen LogP contribution in [0.4, 0.5) is 5.69 Å². The number of piperazine rings is 1. The second kappa shape index (κ2) is 9.61. The van der Waals surface area contributed by atoms with Crippen LogP contribution in [0.2, 0.25) is 0 Å². The zero-order chi connectivity index (χ0) is 19.9. The van der Waals surface area contributed by atoms with Crippen molar-refractivity contribution in [2.45, 2.75) is 19.3 Å². The van der Waals surface area contributed by atoms with E-state index in [0.717, 1.165) is 31.1 Å². The first-order valence-electron chi connectivity index (χ1n) is 9.47. The van der Waals surface area contributed by atoms with Crippen LogP contribution in [-0.4, -0.2) is 60.6 Å². The van der Waals surface area contributed by atoms with E-state index in [2.05, 4.69) is 17.3 Å². The molecular weight excluding hydrogens is 374 g/mol. The predicted octanol–water partition coefficient (Wildman–Crippen LogP) is 3.13. The number of benzene rings is 1. The van der Waals surface area contributed by atoms with E-state index in [1.165, 1.54) is 11.3 Å². The predicted molar refractivity (Wildman–Crippen MR) is 111 cm³/mol. The summed E-state index contributed by atoms with van der Waals surface area (Å²) in [6.45, 7) is 3.24. The highest BCUT2D eigenvalue weighted by molar-refractivity contribution is 7.12. The molecule has 1 saturated heterocycles. The minimum Gasteiger partial charge on any atom is -0.336 e. The summed E-state index contributed by atoms with van der Waals surface area (Å²) in [6, 6.07) is 10.6. The molecule has 6 nitrogen and oxygen atoms in total. The van der Waals surface area contributed by atoms with Crippen molar-refractivity contribution in [2.75, 3.05) is 38.5 Å². The molecule has 0 atom stereocenters. The largest absolute Gasteiger partial charge is 0.336 e. The number of likely N-dealkylation sites (N-methyl/N-ethyl adjacent to an activating group) is 1. The van der Waals surface area contributed by atoms with Crippen LogP contribution >= 0.6 is 11.3 Å². The van der Waals surface area contributed by atoms with E-state index in [9.17, 15) is 14.4 Å². The average Bonchev–Trinajstić information content (AvgIpc) is 3.23. The summed E-state index contributed by atoms with van der Waals surface area (Å²) in [5.74, 6) is -0.0234. The highest BCUT2D eigenvalue weighted by atomic mass is 32.1. The number of thiophene rings is 1. The molecule has 0 aliphatic carbocycles. The first-order chi connectivity index (χ1) is 13.5. The molecule has 28 heavy (non-hydrogen) atoms. The highest BCUT2D eigenvalue weighted by Gasteiger charge is 2.20. The Hall–Kier alpha value is -2.51. The van der Waals surface area contributed by atoms with Gasteiger partial charge in [-0.25, -0.2) is 0 Å². The van der Waals surface area contributed by atoms with Gasteiger partial charge in [0, 0.05) is 50.3 Å². The van der Waals surface area contributed by atoms with Crippen molar-refractivity contribution >= 4 is 34.6 Å². The lowest BCUT2D eigenvalue weighted by Gasteiger charge is -2.32. The molecule has 3 rings (SSSR count). The van der Waals surface area contributed by atoms with Crippen molar-refractivity contribution < 1.29 is 14.4 Å². The Morgan fingerprint density at radius 3 is 2.36 bits per heavy atom. The minimum absolute atomic E-state index is 0.0260. The summed E-state index contributed by atoms with van der Waals surface area (Å²) in [6.07, 6.45) is 1.17. The van der Waals surface area contributed by atoms with Crippen molar-refractivity contribution in [1.29, 1.82) is 0 Å². The maximum atomic E-state index is 12.5. The Kier molecular flexibility index (Phi) is 6.95. The van der Waals surface area contributed by atoms with Crippen LogP contribution in [0, 0.1) is 0 Å². The zero-order valence-corrected chi connectivity index (χ0v) is 16.8. The van der Waals surface area contributed by atoms with E-state index >= 15 is 0 Å². The Morgan fingerprint density at radius 2 is 1.71 bits per heavy atom. The van der Waals surface area contributed by atoms with Crippen LogP contribution in [0.5, 0.6) is 0 Å². The highest BCUT2D eigenvalue weighted by Crippen LogP contribution is 2.15. The Bertz CT molecular complexity index is 810. The van der Waals surface area contributed by atoms with Gasteiger partial charge < -0.3 is 15.1 Å². The summed E-state index contributed by atoms with van der Waals surface area (Å²) >= 11 is 1.42. The van der Waals surface area contributed by atoms with Crippen molar-refractivity contribution in [2.24, 2.45) is 0 Å². The lowest BCUT2D eigenvalue weighted by atomic mass is 10.1. The fraction of sp³-hybridized carbons (Fsp3) is 0.381. The van der Waals surface area contributed by atoms with Crippen molar-refractivity contribution in [3.05, 3.63) is 52.2 Å². The fourth-order valence-corrected chi connectivity index (χ4v) is 3.78. The van der Waals surface area contributed by atoms with Gasteiger partial charge in [0.2, 0.25) is 5.91 Å². The van der Waals surface area contributed by atoms with E-state index < -0.39 is 0 Å². The van der Waals surface area contributed by atoms with Crippen LogP contribution in [0.3, 0.4) is 0 Å². The molecule has 0 bridgehead atoms. The normalized spacial score (nSPS) is 14.7. The number of Topliss-reactive ketones (excluding diaryl/α,β-unsaturated/α-hetero) is 1. The van der Waals surface area contributed by atoms with Gasteiger partial charge in [0.25, 0.3) is 5.91 Å². The van der Waals surface area contributed by atoms with Gasteiger partial charge in [0.1, 0.15) is 0 Å². The number of amides is 2. The number of hydrogen-bond donors (Lipinski definition) is 1. The summed E-state index contributed by atoms with van der Waals surface area (Å²) in [5, 5.41) is 4.70. The van der Waals surface area contributed by atoms with E-state index in [0.29, 0.717) is 30.5 Å². The first-order valence-corrected chi connectivity index (χ1v) is 10.4. The zero-order valence-electron chi connectivity index (χ0n) is 16.0. The number of carbonyl (C=O) groups is 3. The van der Waals surface area contributed by atoms with Crippen LogP contribution in [0.1, 0.15) is 39.3 Å². The molecule has 0 spiro atoms. The third kappa shape index (κ3) is 5.50. The Labute approximate surface area is 169 Å². The van der Waals surface area contributed by atoms with Gasteiger partial charge >= 0.3 is 0 Å². The number of nitrogens with one attached hydrogen (secondary N) is 1. The molecule has 0 radical (unpaired) electrons.